The Morgan fingerprint density at radius 1 is 1.29 bits per heavy atom. The van der Waals surface area contributed by atoms with E-state index in [1.54, 1.807) is 24.3 Å². The fourth-order valence-corrected chi connectivity index (χ4v) is 5.34. The first kappa shape index (κ1) is 21.6. The molecule has 2 unspecified atom stereocenters. The number of likely N-dealkylation sites (tertiary alicyclic amines) is 1. The average Bonchev–Trinajstić information content (AvgIpc) is 3.45. The van der Waals surface area contributed by atoms with Crippen LogP contribution in [0, 0.1) is 0 Å². The molecular weight excluding hydrogens is 440 g/mol. The van der Waals surface area contributed by atoms with E-state index in [0.29, 0.717) is 28.0 Å². The summed E-state index contributed by atoms with van der Waals surface area (Å²) in [6.45, 7) is 3.23. The zero-order valence-corrected chi connectivity index (χ0v) is 18.6. The van der Waals surface area contributed by atoms with Crippen molar-refractivity contribution >= 4 is 52.3 Å². The molecule has 2 aliphatic rings. The third kappa shape index (κ3) is 4.00. The second kappa shape index (κ2) is 8.49. The molecule has 164 valence electrons. The SMILES string of the molecule is C[C@@H]1CCC[N+]1(C(N)=O)c1ccc(N2CC(CNC(=O)c3ccc(Cl)s3)OC2=O)cc1. The van der Waals surface area contributed by atoms with Crippen LogP contribution in [0.5, 0.6) is 0 Å². The first-order valence-electron chi connectivity index (χ1n) is 10.1. The van der Waals surface area contributed by atoms with Gasteiger partial charge in [-0.2, -0.15) is 0 Å². The molecule has 4 rings (SSSR count). The number of nitrogens with zero attached hydrogens (tertiary/aromatic N) is 2. The molecule has 4 amide bonds. The zero-order chi connectivity index (χ0) is 22.2. The minimum atomic E-state index is -0.473. The summed E-state index contributed by atoms with van der Waals surface area (Å²) in [6.07, 6.45) is 0.942. The summed E-state index contributed by atoms with van der Waals surface area (Å²) in [7, 11) is 0. The maximum atomic E-state index is 12.4. The fourth-order valence-electron chi connectivity index (χ4n) is 4.38. The molecule has 31 heavy (non-hydrogen) atoms. The third-order valence-electron chi connectivity index (χ3n) is 6.06. The average molecular weight is 464 g/mol. The van der Waals surface area contributed by atoms with Crippen molar-refractivity contribution in [2.24, 2.45) is 5.73 Å². The Bertz CT molecular complexity index is 1010. The molecule has 2 saturated heterocycles. The summed E-state index contributed by atoms with van der Waals surface area (Å²) in [6, 6.07) is 10.4. The molecule has 0 saturated carbocycles. The van der Waals surface area contributed by atoms with E-state index in [1.165, 1.54) is 16.2 Å². The Hall–Kier alpha value is -2.62. The number of halogens is 1. The number of benzene rings is 1. The van der Waals surface area contributed by atoms with Gasteiger partial charge >= 0.3 is 12.1 Å². The van der Waals surface area contributed by atoms with Crippen LogP contribution in [0.2, 0.25) is 4.34 Å². The van der Waals surface area contributed by atoms with Crippen LogP contribution in [0.25, 0.3) is 0 Å². The minimum absolute atomic E-state index is 0.117. The number of nitrogens with one attached hydrogen (secondary N) is 1. The quantitative estimate of drug-likeness (QED) is 0.659. The predicted molar refractivity (Wildman–Crippen MR) is 121 cm³/mol. The van der Waals surface area contributed by atoms with Crippen LogP contribution in [-0.2, 0) is 4.74 Å². The van der Waals surface area contributed by atoms with Crippen LogP contribution >= 0.6 is 22.9 Å². The molecular formula is C21H24ClN4O4S+. The first-order valence-corrected chi connectivity index (χ1v) is 11.3. The van der Waals surface area contributed by atoms with E-state index >= 15 is 0 Å². The minimum Gasteiger partial charge on any atom is -0.442 e. The van der Waals surface area contributed by atoms with Gasteiger partial charge in [-0.15, -0.1) is 11.3 Å². The second-order valence-electron chi connectivity index (χ2n) is 7.87. The number of carbonyl (C=O) groups excluding carboxylic acids is 3. The number of carbonyl (C=O) groups is 3. The van der Waals surface area contributed by atoms with Crippen molar-refractivity contribution in [3.63, 3.8) is 0 Å². The molecule has 8 nitrogen and oxygen atoms in total. The first-order chi connectivity index (χ1) is 14.8. The van der Waals surface area contributed by atoms with Gasteiger partial charge in [0, 0.05) is 30.7 Å². The standard InChI is InChI=1S/C21H23ClN4O4S/c1-13-3-2-10-26(13,20(23)28)15-6-4-14(5-7-15)25-12-16(30-21(25)29)11-24-19(27)17-8-9-18(22)31-17/h4-9,13,16H,2-3,10-12H2,1H3,(H2-,23,24,27,28)/p+1/t13-,16?,26?/m1/s1. The number of primary amides is 1. The molecule has 2 fully saturated rings. The molecule has 0 bridgehead atoms. The van der Waals surface area contributed by atoms with Crippen LogP contribution in [0.15, 0.2) is 36.4 Å². The van der Waals surface area contributed by atoms with Gasteiger partial charge in [0.15, 0.2) is 0 Å². The largest absolute Gasteiger partial charge is 0.442 e. The summed E-state index contributed by atoms with van der Waals surface area (Å²) in [5.74, 6) is -0.254. The summed E-state index contributed by atoms with van der Waals surface area (Å²) in [5, 5.41) is 2.77. The Balaban J connectivity index is 1.41. The van der Waals surface area contributed by atoms with Gasteiger partial charge in [0.05, 0.1) is 34.9 Å². The number of nitrogens with two attached hydrogens (primary N) is 1. The fraction of sp³-hybridized carbons (Fsp3) is 0.381. The number of hydrogen-bond donors (Lipinski definition) is 2. The van der Waals surface area contributed by atoms with Crippen molar-refractivity contribution in [1.82, 2.24) is 9.80 Å². The Morgan fingerprint density at radius 3 is 2.61 bits per heavy atom. The van der Waals surface area contributed by atoms with Crippen LogP contribution in [0.3, 0.4) is 0 Å². The number of urea groups is 1. The lowest BCUT2D eigenvalue weighted by Crippen LogP contribution is -2.59. The number of ether oxygens (including phenoxy) is 1. The molecule has 2 aromatic rings. The van der Waals surface area contributed by atoms with Crippen molar-refractivity contribution in [3.05, 3.63) is 45.6 Å². The number of hydrogen-bond acceptors (Lipinski definition) is 5. The van der Waals surface area contributed by atoms with Crippen molar-refractivity contribution in [1.29, 1.82) is 0 Å². The Kier molecular flexibility index (Phi) is 5.92. The highest BCUT2D eigenvalue weighted by Gasteiger charge is 2.46. The topological polar surface area (TPSA) is 102 Å². The summed E-state index contributed by atoms with van der Waals surface area (Å²) in [5.41, 5.74) is 7.26. The van der Waals surface area contributed by atoms with Gasteiger partial charge in [-0.3, -0.25) is 9.69 Å². The summed E-state index contributed by atoms with van der Waals surface area (Å²) >= 11 is 7.05. The van der Waals surface area contributed by atoms with E-state index < -0.39 is 12.2 Å². The molecule has 1 aromatic carbocycles. The van der Waals surface area contributed by atoms with E-state index in [1.807, 2.05) is 19.1 Å². The highest BCUT2D eigenvalue weighted by atomic mass is 35.5. The van der Waals surface area contributed by atoms with Gasteiger partial charge in [0.2, 0.25) is 0 Å². The van der Waals surface area contributed by atoms with Crippen LogP contribution < -0.4 is 20.4 Å². The van der Waals surface area contributed by atoms with Gasteiger partial charge in [-0.05, 0) is 31.2 Å². The number of anilines is 1. The number of quaternary nitrogens is 1. The number of rotatable bonds is 5. The molecule has 0 aliphatic carbocycles. The summed E-state index contributed by atoms with van der Waals surface area (Å²) < 4.78 is 6.07. The second-order valence-corrected chi connectivity index (χ2v) is 9.58. The lowest BCUT2D eigenvalue weighted by atomic mass is 10.1. The van der Waals surface area contributed by atoms with Gasteiger partial charge in [0.25, 0.3) is 5.91 Å². The number of thiophene rings is 1. The van der Waals surface area contributed by atoms with E-state index in [-0.39, 0.29) is 29.0 Å². The maximum absolute atomic E-state index is 12.4. The zero-order valence-electron chi connectivity index (χ0n) is 17.0. The molecule has 3 heterocycles. The normalized spacial score (nSPS) is 25.5. The van der Waals surface area contributed by atoms with Crippen molar-refractivity contribution in [2.75, 3.05) is 24.5 Å². The van der Waals surface area contributed by atoms with Gasteiger partial charge < -0.3 is 15.8 Å². The Morgan fingerprint density at radius 2 is 2.03 bits per heavy atom. The van der Waals surface area contributed by atoms with Crippen molar-refractivity contribution in [2.45, 2.75) is 31.9 Å². The molecule has 10 heteroatoms. The monoisotopic (exact) mass is 463 g/mol. The smallest absolute Gasteiger partial charge is 0.419 e. The molecule has 0 radical (unpaired) electrons. The maximum Gasteiger partial charge on any atom is 0.419 e. The van der Waals surface area contributed by atoms with Crippen molar-refractivity contribution < 1.29 is 19.1 Å². The van der Waals surface area contributed by atoms with E-state index in [4.69, 9.17) is 22.1 Å². The van der Waals surface area contributed by atoms with Gasteiger partial charge in [0.1, 0.15) is 11.8 Å². The molecule has 3 N–H and O–H groups in total. The highest BCUT2D eigenvalue weighted by Crippen LogP contribution is 2.36. The van der Waals surface area contributed by atoms with Gasteiger partial charge in [-0.25, -0.2) is 14.1 Å². The molecule has 0 spiro atoms. The highest BCUT2D eigenvalue weighted by molar-refractivity contribution is 7.18. The third-order valence-corrected chi connectivity index (χ3v) is 7.29. The van der Waals surface area contributed by atoms with Crippen LogP contribution in [-0.4, -0.2) is 49.8 Å². The van der Waals surface area contributed by atoms with E-state index in [2.05, 4.69) is 5.32 Å². The number of cyclic esters (lactones) is 1. The van der Waals surface area contributed by atoms with Crippen LogP contribution in [0.1, 0.15) is 29.4 Å². The van der Waals surface area contributed by atoms with Crippen LogP contribution in [0.4, 0.5) is 21.0 Å². The molecule has 2 aliphatic heterocycles. The van der Waals surface area contributed by atoms with E-state index in [9.17, 15) is 14.4 Å². The molecule has 1 aromatic heterocycles. The van der Waals surface area contributed by atoms with E-state index in [0.717, 1.165) is 18.5 Å². The summed E-state index contributed by atoms with van der Waals surface area (Å²) in [4.78, 5) is 38.8. The lowest BCUT2D eigenvalue weighted by Gasteiger charge is -2.33. The lowest BCUT2D eigenvalue weighted by molar-refractivity contribution is 0.0920. The molecule has 3 atom stereocenters. The number of amides is 4. The predicted octanol–water partition coefficient (Wildman–Crippen LogP) is 3.73. The van der Waals surface area contributed by atoms with Gasteiger partial charge in [-0.1, -0.05) is 11.6 Å². The Labute approximate surface area is 189 Å². The van der Waals surface area contributed by atoms with Crippen molar-refractivity contribution in [3.8, 4) is 0 Å².